The molecule has 0 aliphatic rings. The summed E-state index contributed by atoms with van der Waals surface area (Å²) in [5, 5.41) is 3.26. The van der Waals surface area contributed by atoms with E-state index in [0.29, 0.717) is 6.61 Å². The van der Waals surface area contributed by atoms with E-state index in [0.717, 1.165) is 29.6 Å². The van der Waals surface area contributed by atoms with Gasteiger partial charge >= 0.3 is 0 Å². The second kappa shape index (κ2) is 5.58. The van der Waals surface area contributed by atoms with Gasteiger partial charge in [-0.2, -0.15) is 0 Å². The summed E-state index contributed by atoms with van der Waals surface area (Å²) < 4.78 is 7.49. The Bertz CT molecular complexity index is 502. The number of nitrogens with zero attached hydrogens (tertiary/aromatic N) is 2. The average molecular weight is 245 g/mol. The van der Waals surface area contributed by atoms with E-state index in [-0.39, 0.29) is 0 Å². The van der Waals surface area contributed by atoms with Gasteiger partial charge in [-0.3, -0.25) is 4.57 Å². The minimum atomic E-state index is 0.687. The molecule has 0 aliphatic heterocycles. The molecule has 18 heavy (non-hydrogen) atoms. The SMILES string of the molecule is CCNc1nc(C)cn1-c1ccc(OCC)cc1. The second-order valence-corrected chi connectivity index (χ2v) is 4.03. The van der Waals surface area contributed by atoms with Crippen molar-refractivity contribution in [1.82, 2.24) is 9.55 Å². The largest absolute Gasteiger partial charge is 0.494 e. The molecule has 2 rings (SSSR count). The van der Waals surface area contributed by atoms with Crippen molar-refractivity contribution in [2.24, 2.45) is 0 Å². The highest BCUT2D eigenvalue weighted by atomic mass is 16.5. The molecule has 0 spiro atoms. The van der Waals surface area contributed by atoms with E-state index in [1.807, 2.05) is 44.3 Å². The van der Waals surface area contributed by atoms with Gasteiger partial charge in [0.2, 0.25) is 5.95 Å². The molecule has 4 nitrogen and oxygen atoms in total. The number of hydrogen-bond acceptors (Lipinski definition) is 3. The molecule has 4 heteroatoms. The van der Waals surface area contributed by atoms with Crippen molar-refractivity contribution >= 4 is 5.95 Å². The van der Waals surface area contributed by atoms with Gasteiger partial charge in [0.25, 0.3) is 0 Å². The maximum atomic E-state index is 5.44. The summed E-state index contributed by atoms with van der Waals surface area (Å²) in [5.41, 5.74) is 2.08. The summed E-state index contributed by atoms with van der Waals surface area (Å²) in [5.74, 6) is 1.77. The fourth-order valence-corrected chi connectivity index (χ4v) is 1.85. The molecule has 0 amide bonds. The topological polar surface area (TPSA) is 39.1 Å². The van der Waals surface area contributed by atoms with Crippen LogP contribution in [0.5, 0.6) is 5.75 Å². The molecule has 0 atom stereocenters. The van der Waals surface area contributed by atoms with Crippen LogP contribution in [0.15, 0.2) is 30.5 Å². The third-order valence-electron chi connectivity index (χ3n) is 2.59. The van der Waals surface area contributed by atoms with Crippen LogP contribution in [0.25, 0.3) is 5.69 Å². The fraction of sp³-hybridized carbons (Fsp3) is 0.357. The molecular weight excluding hydrogens is 226 g/mol. The molecule has 1 N–H and O–H groups in total. The Labute approximate surface area is 108 Å². The lowest BCUT2D eigenvalue weighted by Crippen LogP contribution is -2.04. The Morgan fingerprint density at radius 2 is 1.94 bits per heavy atom. The van der Waals surface area contributed by atoms with E-state index >= 15 is 0 Å². The first-order chi connectivity index (χ1) is 8.74. The number of aromatic nitrogens is 2. The summed E-state index contributed by atoms with van der Waals surface area (Å²) in [6, 6.07) is 8.02. The normalized spacial score (nSPS) is 10.4. The predicted molar refractivity (Wildman–Crippen MR) is 73.6 cm³/mol. The van der Waals surface area contributed by atoms with Crippen molar-refractivity contribution < 1.29 is 4.74 Å². The van der Waals surface area contributed by atoms with Crippen LogP contribution in [-0.4, -0.2) is 22.7 Å². The second-order valence-electron chi connectivity index (χ2n) is 4.03. The summed E-state index contributed by atoms with van der Waals surface area (Å²) >= 11 is 0. The maximum absolute atomic E-state index is 5.44. The van der Waals surface area contributed by atoms with E-state index in [2.05, 4.69) is 21.8 Å². The van der Waals surface area contributed by atoms with Crippen molar-refractivity contribution in [3.8, 4) is 11.4 Å². The molecule has 2 aromatic rings. The number of anilines is 1. The third-order valence-corrected chi connectivity index (χ3v) is 2.59. The molecule has 1 aromatic heterocycles. The fourth-order valence-electron chi connectivity index (χ4n) is 1.85. The molecule has 0 aliphatic carbocycles. The molecule has 0 bridgehead atoms. The number of hydrogen-bond donors (Lipinski definition) is 1. The molecule has 0 radical (unpaired) electrons. The van der Waals surface area contributed by atoms with Crippen LogP contribution in [0.1, 0.15) is 19.5 Å². The predicted octanol–water partition coefficient (Wildman–Crippen LogP) is 3.01. The standard InChI is InChI=1S/C14H19N3O/c1-4-15-14-16-11(3)10-17(14)12-6-8-13(9-7-12)18-5-2/h6-10H,4-5H2,1-3H3,(H,15,16). The van der Waals surface area contributed by atoms with E-state index < -0.39 is 0 Å². The Morgan fingerprint density at radius 3 is 2.56 bits per heavy atom. The lowest BCUT2D eigenvalue weighted by atomic mass is 10.3. The lowest BCUT2D eigenvalue weighted by Gasteiger charge is -2.09. The van der Waals surface area contributed by atoms with Crippen molar-refractivity contribution in [2.75, 3.05) is 18.5 Å². The highest BCUT2D eigenvalue weighted by Crippen LogP contribution is 2.19. The number of benzene rings is 1. The molecule has 1 heterocycles. The molecule has 1 aromatic carbocycles. The first kappa shape index (κ1) is 12.5. The number of nitrogens with one attached hydrogen (secondary N) is 1. The molecule has 96 valence electrons. The third kappa shape index (κ3) is 2.64. The van der Waals surface area contributed by atoms with Crippen LogP contribution in [0.4, 0.5) is 5.95 Å². The Morgan fingerprint density at radius 1 is 1.22 bits per heavy atom. The van der Waals surface area contributed by atoms with Crippen LogP contribution >= 0.6 is 0 Å². The summed E-state index contributed by atoms with van der Waals surface area (Å²) in [6.45, 7) is 7.58. The van der Waals surface area contributed by atoms with E-state index in [4.69, 9.17) is 4.74 Å². The Kier molecular flexibility index (Phi) is 3.87. The van der Waals surface area contributed by atoms with Crippen molar-refractivity contribution in [1.29, 1.82) is 0 Å². The van der Waals surface area contributed by atoms with Crippen molar-refractivity contribution in [3.05, 3.63) is 36.2 Å². The molecular formula is C14H19N3O. The monoisotopic (exact) mass is 245 g/mol. The van der Waals surface area contributed by atoms with Gasteiger partial charge in [-0.1, -0.05) is 0 Å². The van der Waals surface area contributed by atoms with Crippen molar-refractivity contribution in [2.45, 2.75) is 20.8 Å². The van der Waals surface area contributed by atoms with Gasteiger partial charge in [0.05, 0.1) is 12.3 Å². The number of ether oxygens (including phenoxy) is 1. The zero-order chi connectivity index (χ0) is 13.0. The molecule has 0 saturated carbocycles. The van der Waals surface area contributed by atoms with Gasteiger partial charge in [-0.05, 0) is 45.0 Å². The van der Waals surface area contributed by atoms with Gasteiger partial charge in [-0.15, -0.1) is 0 Å². The van der Waals surface area contributed by atoms with Gasteiger partial charge in [0.1, 0.15) is 5.75 Å². The van der Waals surface area contributed by atoms with Crippen molar-refractivity contribution in [3.63, 3.8) is 0 Å². The zero-order valence-corrected chi connectivity index (χ0v) is 11.1. The van der Waals surface area contributed by atoms with E-state index in [1.54, 1.807) is 0 Å². The number of imidazole rings is 1. The molecule has 0 fully saturated rings. The van der Waals surface area contributed by atoms with Crippen LogP contribution < -0.4 is 10.1 Å². The smallest absolute Gasteiger partial charge is 0.207 e. The summed E-state index contributed by atoms with van der Waals surface area (Å²) in [6.07, 6.45) is 2.02. The highest BCUT2D eigenvalue weighted by Gasteiger charge is 2.06. The van der Waals surface area contributed by atoms with Crippen LogP contribution in [0.2, 0.25) is 0 Å². The minimum absolute atomic E-state index is 0.687. The average Bonchev–Trinajstić information content (AvgIpc) is 2.72. The van der Waals surface area contributed by atoms with Crippen LogP contribution in [0.3, 0.4) is 0 Å². The lowest BCUT2D eigenvalue weighted by molar-refractivity contribution is 0.340. The van der Waals surface area contributed by atoms with Crippen LogP contribution in [0, 0.1) is 6.92 Å². The number of rotatable bonds is 5. The quantitative estimate of drug-likeness (QED) is 0.880. The Hall–Kier alpha value is -1.97. The first-order valence-electron chi connectivity index (χ1n) is 6.27. The summed E-state index contributed by atoms with van der Waals surface area (Å²) in [4.78, 5) is 4.46. The van der Waals surface area contributed by atoms with Gasteiger partial charge in [0.15, 0.2) is 0 Å². The number of aryl methyl sites for hydroxylation is 1. The minimum Gasteiger partial charge on any atom is -0.494 e. The van der Waals surface area contributed by atoms with E-state index in [9.17, 15) is 0 Å². The van der Waals surface area contributed by atoms with Gasteiger partial charge in [-0.25, -0.2) is 4.98 Å². The van der Waals surface area contributed by atoms with Gasteiger partial charge in [0, 0.05) is 18.4 Å². The van der Waals surface area contributed by atoms with E-state index in [1.165, 1.54) is 0 Å². The summed E-state index contributed by atoms with van der Waals surface area (Å²) in [7, 11) is 0. The molecule has 0 unspecified atom stereocenters. The van der Waals surface area contributed by atoms with Gasteiger partial charge < -0.3 is 10.1 Å². The Balaban J connectivity index is 2.29. The first-order valence-corrected chi connectivity index (χ1v) is 6.27. The maximum Gasteiger partial charge on any atom is 0.207 e. The van der Waals surface area contributed by atoms with Crippen LogP contribution in [-0.2, 0) is 0 Å². The highest BCUT2D eigenvalue weighted by molar-refractivity contribution is 5.45. The zero-order valence-electron chi connectivity index (χ0n) is 11.1. The molecule has 0 saturated heterocycles.